The van der Waals surface area contributed by atoms with Crippen LogP contribution in [0.1, 0.15) is 30.4 Å². The molecule has 0 bridgehead atoms. The predicted molar refractivity (Wildman–Crippen MR) is 69.7 cm³/mol. The van der Waals surface area contributed by atoms with Gasteiger partial charge in [-0.25, -0.2) is 22.0 Å². The molecule has 1 aromatic rings. The lowest BCUT2D eigenvalue weighted by atomic mass is 10.0. The van der Waals surface area contributed by atoms with E-state index in [9.17, 15) is 35.1 Å². The second-order valence-electron chi connectivity index (χ2n) is 5.23. The Morgan fingerprint density at radius 1 is 0.783 bits per heavy atom. The van der Waals surface area contributed by atoms with E-state index in [2.05, 4.69) is 0 Å². The average Bonchev–Trinajstić information content (AvgIpc) is 2.43. The fourth-order valence-electron chi connectivity index (χ4n) is 2.01. The third-order valence-corrected chi connectivity index (χ3v) is 3.30. The van der Waals surface area contributed by atoms with Gasteiger partial charge >= 0.3 is 6.18 Å². The lowest BCUT2D eigenvalue weighted by Gasteiger charge is -2.16. The zero-order valence-corrected chi connectivity index (χ0v) is 12.0. The van der Waals surface area contributed by atoms with E-state index in [1.165, 1.54) is 12.1 Å². The summed E-state index contributed by atoms with van der Waals surface area (Å²) in [6, 6.07) is 4.05. The van der Waals surface area contributed by atoms with Crippen molar-refractivity contribution in [1.82, 2.24) is 0 Å². The highest BCUT2D eigenvalue weighted by Gasteiger charge is 2.30. The van der Waals surface area contributed by atoms with Crippen molar-refractivity contribution in [1.29, 1.82) is 0 Å². The van der Waals surface area contributed by atoms with Crippen molar-refractivity contribution in [2.75, 3.05) is 0 Å². The van der Waals surface area contributed by atoms with Crippen LogP contribution in [0.15, 0.2) is 24.3 Å². The molecule has 0 aliphatic heterocycles. The molecule has 132 valence electrons. The van der Waals surface area contributed by atoms with Gasteiger partial charge < -0.3 is 0 Å². The minimum Gasteiger partial charge on any atom is -0.247 e. The third-order valence-electron chi connectivity index (χ3n) is 3.30. The van der Waals surface area contributed by atoms with Crippen LogP contribution in [0.5, 0.6) is 0 Å². The standard InChI is InChI=1S/C15H16F8/c16-11(7-12(17)13(18)8-14(19)20)6-3-9-1-4-10(5-2-9)15(21,22)23/h1-2,4-5,11-14H,3,6-8H2. The summed E-state index contributed by atoms with van der Waals surface area (Å²) in [6.45, 7) is 0. The molecule has 0 saturated heterocycles. The molecule has 0 spiro atoms. The minimum absolute atomic E-state index is 0.0395. The number of hydrogen-bond donors (Lipinski definition) is 0. The van der Waals surface area contributed by atoms with Crippen molar-refractivity contribution in [3.63, 3.8) is 0 Å². The first-order valence-electron chi connectivity index (χ1n) is 6.96. The summed E-state index contributed by atoms with van der Waals surface area (Å²) in [5, 5.41) is 0. The third kappa shape index (κ3) is 7.18. The Hall–Kier alpha value is -1.34. The van der Waals surface area contributed by atoms with Crippen molar-refractivity contribution in [3.8, 4) is 0 Å². The number of halogens is 8. The van der Waals surface area contributed by atoms with Crippen LogP contribution in [0.4, 0.5) is 35.1 Å². The summed E-state index contributed by atoms with van der Waals surface area (Å²) >= 11 is 0. The van der Waals surface area contributed by atoms with Gasteiger partial charge in [-0.05, 0) is 30.5 Å². The maximum atomic E-state index is 13.5. The molecule has 3 atom stereocenters. The Balaban J connectivity index is 2.42. The van der Waals surface area contributed by atoms with Crippen molar-refractivity contribution in [2.24, 2.45) is 0 Å². The number of hydrogen-bond acceptors (Lipinski definition) is 0. The van der Waals surface area contributed by atoms with E-state index in [0.717, 1.165) is 12.1 Å². The van der Waals surface area contributed by atoms with E-state index >= 15 is 0 Å². The Bertz CT molecular complexity index is 454. The van der Waals surface area contributed by atoms with E-state index < -0.39 is 49.5 Å². The Morgan fingerprint density at radius 3 is 1.78 bits per heavy atom. The number of aryl methyl sites for hydroxylation is 1. The van der Waals surface area contributed by atoms with Crippen LogP contribution in [-0.4, -0.2) is 24.9 Å². The van der Waals surface area contributed by atoms with Crippen LogP contribution in [0.2, 0.25) is 0 Å². The van der Waals surface area contributed by atoms with Crippen LogP contribution in [0, 0.1) is 0 Å². The van der Waals surface area contributed by atoms with Gasteiger partial charge in [0, 0.05) is 12.8 Å². The predicted octanol–water partition coefficient (Wildman–Crippen LogP) is 5.70. The number of benzene rings is 1. The fourth-order valence-corrected chi connectivity index (χ4v) is 2.01. The molecule has 1 rings (SSSR count). The van der Waals surface area contributed by atoms with Gasteiger partial charge in [-0.3, -0.25) is 0 Å². The molecule has 0 aliphatic carbocycles. The molecule has 0 aromatic heterocycles. The van der Waals surface area contributed by atoms with Gasteiger partial charge in [0.05, 0.1) is 5.56 Å². The van der Waals surface area contributed by atoms with Gasteiger partial charge in [-0.15, -0.1) is 0 Å². The van der Waals surface area contributed by atoms with Crippen molar-refractivity contribution in [3.05, 3.63) is 35.4 Å². The average molecular weight is 348 g/mol. The summed E-state index contributed by atoms with van der Waals surface area (Å²) in [6.07, 6.45) is -16.3. The Labute approximate surface area is 128 Å². The smallest absolute Gasteiger partial charge is 0.247 e. The number of alkyl halides is 8. The van der Waals surface area contributed by atoms with Crippen molar-refractivity contribution < 1.29 is 35.1 Å². The second kappa shape index (κ2) is 8.49. The number of rotatable bonds is 8. The van der Waals surface area contributed by atoms with Gasteiger partial charge in [0.1, 0.15) is 18.5 Å². The summed E-state index contributed by atoms with van der Waals surface area (Å²) in [4.78, 5) is 0. The highest BCUT2D eigenvalue weighted by Crippen LogP contribution is 2.29. The quantitative estimate of drug-likeness (QED) is 0.529. The first-order valence-corrected chi connectivity index (χ1v) is 6.96. The Kier molecular flexibility index (Phi) is 7.28. The van der Waals surface area contributed by atoms with Gasteiger partial charge in [-0.1, -0.05) is 12.1 Å². The summed E-state index contributed by atoms with van der Waals surface area (Å²) < 4.78 is 101. The van der Waals surface area contributed by atoms with E-state index in [1.807, 2.05) is 0 Å². The molecule has 0 nitrogen and oxygen atoms in total. The monoisotopic (exact) mass is 348 g/mol. The van der Waals surface area contributed by atoms with Crippen LogP contribution in [-0.2, 0) is 12.6 Å². The molecular weight excluding hydrogens is 332 g/mol. The summed E-state index contributed by atoms with van der Waals surface area (Å²) in [5.41, 5.74) is -0.422. The van der Waals surface area contributed by atoms with Crippen molar-refractivity contribution in [2.45, 2.75) is 56.8 Å². The van der Waals surface area contributed by atoms with Gasteiger partial charge in [0.2, 0.25) is 6.43 Å². The van der Waals surface area contributed by atoms with Crippen LogP contribution < -0.4 is 0 Å². The summed E-state index contributed by atoms with van der Waals surface area (Å²) in [7, 11) is 0. The van der Waals surface area contributed by atoms with E-state index in [1.54, 1.807) is 0 Å². The second-order valence-corrected chi connectivity index (χ2v) is 5.23. The molecule has 3 unspecified atom stereocenters. The lowest BCUT2D eigenvalue weighted by molar-refractivity contribution is -0.137. The highest BCUT2D eigenvalue weighted by atomic mass is 19.4. The normalized spacial score (nSPS) is 16.4. The topological polar surface area (TPSA) is 0 Å². The zero-order chi connectivity index (χ0) is 17.6. The summed E-state index contributed by atoms with van der Waals surface area (Å²) in [5.74, 6) is 0. The van der Waals surface area contributed by atoms with Crippen LogP contribution in [0.25, 0.3) is 0 Å². The van der Waals surface area contributed by atoms with Gasteiger partial charge in [0.25, 0.3) is 0 Å². The molecule has 0 fully saturated rings. The molecule has 0 saturated carbocycles. The first-order chi connectivity index (χ1) is 10.6. The molecule has 0 N–H and O–H groups in total. The maximum Gasteiger partial charge on any atom is 0.416 e. The van der Waals surface area contributed by atoms with Crippen LogP contribution >= 0.6 is 0 Å². The molecule has 0 heterocycles. The van der Waals surface area contributed by atoms with Crippen molar-refractivity contribution >= 4 is 0 Å². The molecule has 0 aliphatic rings. The van der Waals surface area contributed by atoms with E-state index in [0.29, 0.717) is 5.56 Å². The Morgan fingerprint density at radius 2 is 1.30 bits per heavy atom. The van der Waals surface area contributed by atoms with Gasteiger partial charge in [-0.2, -0.15) is 13.2 Å². The molecule has 1 aromatic carbocycles. The minimum atomic E-state index is -4.47. The van der Waals surface area contributed by atoms with E-state index in [4.69, 9.17) is 0 Å². The van der Waals surface area contributed by atoms with E-state index in [-0.39, 0.29) is 12.8 Å². The first kappa shape index (κ1) is 19.7. The SMILES string of the molecule is FC(F)CC(F)C(F)CC(F)CCc1ccc(C(F)(F)F)cc1. The highest BCUT2D eigenvalue weighted by molar-refractivity contribution is 5.24. The largest absolute Gasteiger partial charge is 0.416 e. The molecule has 23 heavy (non-hydrogen) atoms. The molecule has 0 radical (unpaired) electrons. The zero-order valence-electron chi connectivity index (χ0n) is 12.0. The molecular formula is C15H16F8. The molecule has 0 amide bonds. The van der Waals surface area contributed by atoms with Crippen LogP contribution in [0.3, 0.4) is 0 Å². The molecule has 8 heteroatoms. The maximum absolute atomic E-state index is 13.5. The lowest BCUT2D eigenvalue weighted by Crippen LogP contribution is -2.24. The van der Waals surface area contributed by atoms with Gasteiger partial charge in [0.15, 0.2) is 0 Å². The fraction of sp³-hybridized carbons (Fsp3) is 0.600.